The molecule has 116 valence electrons. The summed E-state index contributed by atoms with van der Waals surface area (Å²) in [6, 6.07) is 9.08. The van der Waals surface area contributed by atoms with Crippen molar-refractivity contribution >= 4 is 0 Å². The topological polar surface area (TPSA) is 38.5 Å². The van der Waals surface area contributed by atoms with E-state index < -0.39 is 0 Å². The largest absolute Gasteiger partial charge is 0.497 e. The Morgan fingerprint density at radius 2 is 2.05 bits per heavy atom. The van der Waals surface area contributed by atoms with Crippen molar-refractivity contribution in [3.8, 4) is 5.75 Å². The van der Waals surface area contributed by atoms with Gasteiger partial charge in [-0.15, -0.1) is 0 Å². The molecule has 0 bridgehead atoms. The Kier molecular flexibility index (Phi) is 4.81. The minimum atomic E-state index is 0.0841. The van der Waals surface area contributed by atoms with E-state index in [2.05, 4.69) is 17.0 Å². The average Bonchev–Trinajstić information content (AvgIpc) is 2.55. The van der Waals surface area contributed by atoms with Gasteiger partial charge in [-0.1, -0.05) is 25.0 Å². The normalized spacial score (nSPS) is 27.9. The van der Waals surface area contributed by atoms with Crippen LogP contribution in [0.25, 0.3) is 0 Å². The molecule has 0 amide bonds. The second-order valence-corrected chi connectivity index (χ2v) is 6.63. The highest BCUT2D eigenvalue weighted by Gasteiger charge is 2.33. The average molecular weight is 288 g/mol. The molecular formula is C18H28N2O. The van der Waals surface area contributed by atoms with Crippen LogP contribution in [0.1, 0.15) is 50.1 Å². The Balaban J connectivity index is 1.66. The van der Waals surface area contributed by atoms with Gasteiger partial charge in [-0.3, -0.25) is 4.90 Å². The number of hydrogen-bond acceptors (Lipinski definition) is 3. The summed E-state index contributed by atoms with van der Waals surface area (Å²) in [4.78, 5) is 2.66. The van der Waals surface area contributed by atoms with Gasteiger partial charge in [0.15, 0.2) is 0 Å². The van der Waals surface area contributed by atoms with Crippen LogP contribution in [0.4, 0.5) is 0 Å². The highest BCUT2D eigenvalue weighted by Crippen LogP contribution is 2.35. The van der Waals surface area contributed by atoms with Gasteiger partial charge in [-0.25, -0.2) is 0 Å². The van der Waals surface area contributed by atoms with Gasteiger partial charge in [-0.2, -0.15) is 0 Å². The van der Waals surface area contributed by atoms with E-state index in [1.807, 2.05) is 12.1 Å². The van der Waals surface area contributed by atoms with E-state index in [-0.39, 0.29) is 6.04 Å². The van der Waals surface area contributed by atoms with Gasteiger partial charge in [0.05, 0.1) is 7.11 Å². The predicted molar refractivity (Wildman–Crippen MR) is 86.5 cm³/mol. The Bertz CT molecular complexity index is 460. The number of rotatable bonds is 4. The van der Waals surface area contributed by atoms with E-state index >= 15 is 0 Å². The van der Waals surface area contributed by atoms with Crippen LogP contribution in [0.5, 0.6) is 5.75 Å². The first-order valence-corrected chi connectivity index (χ1v) is 8.41. The van der Waals surface area contributed by atoms with Crippen LogP contribution < -0.4 is 10.5 Å². The van der Waals surface area contributed by atoms with Crippen LogP contribution >= 0.6 is 0 Å². The van der Waals surface area contributed by atoms with E-state index in [9.17, 15) is 0 Å². The van der Waals surface area contributed by atoms with Gasteiger partial charge in [-0.05, 0) is 55.8 Å². The van der Waals surface area contributed by atoms with Crippen molar-refractivity contribution in [3.63, 3.8) is 0 Å². The van der Waals surface area contributed by atoms with Gasteiger partial charge in [0.1, 0.15) is 5.75 Å². The maximum Gasteiger partial charge on any atom is 0.119 e. The van der Waals surface area contributed by atoms with E-state index in [1.165, 1.54) is 50.6 Å². The molecule has 3 atom stereocenters. The first kappa shape index (κ1) is 14.9. The van der Waals surface area contributed by atoms with Gasteiger partial charge in [0.2, 0.25) is 0 Å². The fourth-order valence-electron chi connectivity index (χ4n) is 4.18. The molecule has 0 spiro atoms. The second-order valence-electron chi connectivity index (χ2n) is 6.63. The summed E-state index contributed by atoms with van der Waals surface area (Å²) in [5.41, 5.74) is 7.66. The fraction of sp³-hybridized carbons (Fsp3) is 0.667. The third-order valence-electron chi connectivity index (χ3n) is 5.31. The highest BCUT2D eigenvalue weighted by molar-refractivity contribution is 5.30. The van der Waals surface area contributed by atoms with Crippen LogP contribution in [-0.4, -0.2) is 31.1 Å². The Labute approximate surface area is 128 Å². The smallest absolute Gasteiger partial charge is 0.119 e. The molecule has 1 saturated carbocycles. The molecule has 1 aromatic rings. The van der Waals surface area contributed by atoms with Crippen molar-refractivity contribution < 1.29 is 4.74 Å². The van der Waals surface area contributed by atoms with Gasteiger partial charge in [0.25, 0.3) is 0 Å². The third-order valence-corrected chi connectivity index (χ3v) is 5.31. The van der Waals surface area contributed by atoms with E-state index in [4.69, 9.17) is 10.5 Å². The molecular weight excluding hydrogens is 260 g/mol. The summed E-state index contributed by atoms with van der Waals surface area (Å²) in [6.07, 6.45) is 8.38. The minimum Gasteiger partial charge on any atom is -0.497 e. The van der Waals surface area contributed by atoms with E-state index in [1.54, 1.807) is 7.11 Å². The predicted octanol–water partition coefficient (Wildman–Crippen LogP) is 3.35. The van der Waals surface area contributed by atoms with Crippen LogP contribution in [0, 0.1) is 5.92 Å². The van der Waals surface area contributed by atoms with Crippen molar-refractivity contribution in [3.05, 3.63) is 29.8 Å². The zero-order valence-electron chi connectivity index (χ0n) is 13.1. The Morgan fingerprint density at radius 1 is 1.24 bits per heavy atom. The molecule has 1 aliphatic carbocycles. The number of methoxy groups -OCH3 is 1. The number of benzene rings is 1. The minimum absolute atomic E-state index is 0.0841. The Morgan fingerprint density at radius 3 is 2.90 bits per heavy atom. The third kappa shape index (κ3) is 3.41. The summed E-state index contributed by atoms with van der Waals surface area (Å²) in [7, 11) is 1.71. The molecule has 21 heavy (non-hydrogen) atoms. The van der Waals surface area contributed by atoms with E-state index in [0.29, 0.717) is 0 Å². The SMILES string of the molecule is COc1cccc(C(N)CN2CCCC3CCCCC32)c1. The first-order chi connectivity index (χ1) is 10.3. The van der Waals surface area contributed by atoms with Crippen LogP contribution in [0.15, 0.2) is 24.3 Å². The Hall–Kier alpha value is -1.06. The van der Waals surface area contributed by atoms with Crippen molar-refractivity contribution in [2.24, 2.45) is 11.7 Å². The van der Waals surface area contributed by atoms with Crippen molar-refractivity contribution in [1.82, 2.24) is 4.90 Å². The number of hydrogen-bond donors (Lipinski definition) is 1. The second kappa shape index (κ2) is 6.80. The monoisotopic (exact) mass is 288 g/mol. The van der Waals surface area contributed by atoms with Gasteiger partial charge < -0.3 is 10.5 Å². The molecule has 1 saturated heterocycles. The molecule has 1 aromatic carbocycles. The van der Waals surface area contributed by atoms with Crippen LogP contribution in [-0.2, 0) is 0 Å². The summed E-state index contributed by atoms with van der Waals surface area (Å²) < 4.78 is 5.31. The quantitative estimate of drug-likeness (QED) is 0.923. The van der Waals surface area contributed by atoms with Crippen LogP contribution in [0.3, 0.4) is 0 Å². The molecule has 1 heterocycles. The molecule has 3 heteroatoms. The summed E-state index contributed by atoms with van der Waals surface area (Å²) in [5.74, 6) is 1.82. The summed E-state index contributed by atoms with van der Waals surface area (Å²) >= 11 is 0. The fourth-order valence-corrected chi connectivity index (χ4v) is 4.18. The molecule has 0 aromatic heterocycles. The molecule has 2 aliphatic rings. The van der Waals surface area contributed by atoms with Gasteiger partial charge in [0, 0.05) is 18.6 Å². The molecule has 1 aliphatic heterocycles. The lowest BCUT2D eigenvalue weighted by molar-refractivity contribution is 0.0561. The number of likely N-dealkylation sites (tertiary alicyclic amines) is 1. The number of ether oxygens (including phenoxy) is 1. The van der Waals surface area contributed by atoms with E-state index in [0.717, 1.165) is 24.3 Å². The molecule has 2 N–H and O–H groups in total. The molecule has 3 rings (SSSR count). The maximum absolute atomic E-state index is 6.47. The lowest BCUT2D eigenvalue weighted by atomic mass is 9.78. The standard InChI is InChI=1S/C18H28N2O/c1-21-16-9-4-7-15(12-16)17(19)13-20-11-5-8-14-6-2-3-10-18(14)20/h4,7,9,12,14,17-18H,2-3,5-6,8,10-11,13,19H2,1H3. The number of fused-ring (bicyclic) bond motifs is 1. The number of nitrogens with two attached hydrogens (primary N) is 1. The zero-order valence-corrected chi connectivity index (χ0v) is 13.1. The summed E-state index contributed by atoms with van der Waals surface area (Å²) in [6.45, 7) is 2.20. The first-order valence-electron chi connectivity index (χ1n) is 8.41. The molecule has 0 radical (unpaired) electrons. The molecule has 3 unspecified atom stereocenters. The molecule has 2 fully saturated rings. The number of nitrogens with zero attached hydrogens (tertiary/aromatic N) is 1. The zero-order chi connectivity index (χ0) is 14.7. The maximum atomic E-state index is 6.47. The highest BCUT2D eigenvalue weighted by atomic mass is 16.5. The van der Waals surface area contributed by atoms with Crippen LogP contribution in [0.2, 0.25) is 0 Å². The van der Waals surface area contributed by atoms with Crippen molar-refractivity contribution in [2.75, 3.05) is 20.2 Å². The number of piperidine rings is 1. The molecule has 3 nitrogen and oxygen atoms in total. The van der Waals surface area contributed by atoms with Gasteiger partial charge >= 0.3 is 0 Å². The summed E-state index contributed by atoms with van der Waals surface area (Å²) in [5, 5.41) is 0. The van der Waals surface area contributed by atoms with Crippen molar-refractivity contribution in [2.45, 2.75) is 50.6 Å². The lowest BCUT2D eigenvalue weighted by Crippen LogP contribution is -2.49. The lowest BCUT2D eigenvalue weighted by Gasteiger charge is -2.45. The van der Waals surface area contributed by atoms with Crippen molar-refractivity contribution in [1.29, 1.82) is 0 Å².